The van der Waals surface area contributed by atoms with Crippen LogP contribution in [0.15, 0.2) is 47.5 Å². The Kier molecular flexibility index (Phi) is 7.85. The Morgan fingerprint density at radius 1 is 1.28 bits per heavy atom. The van der Waals surface area contributed by atoms with Crippen molar-refractivity contribution in [3.63, 3.8) is 0 Å². The Morgan fingerprint density at radius 3 is 2.81 bits per heavy atom. The summed E-state index contributed by atoms with van der Waals surface area (Å²) in [6.45, 7) is 4.67. The second-order valence-corrected chi connectivity index (χ2v) is 10.9. The van der Waals surface area contributed by atoms with Crippen LogP contribution in [0.25, 0.3) is 0 Å². The molecule has 0 unspecified atom stereocenters. The number of halogens is 2. The smallest absolute Gasteiger partial charge is 0.341 e. The van der Waals surface area contributed by atoms with Crippen LogP contribution in [-0.4, -0.2) is 35.3 Å². The van der Waals surface area contributed by atoms with Crippen molar-refractivity contribution in [2.75, 3.05) is 13.2 Å². The van der Waals surface area contributed by atoms with Crippen molar-refractivity contribution < 1.29 is 14.6 Å². The molecular weight excluding hydrogens is 650 g/mol. The van der Waals surface area contributed by atoms with Crippen LogP contribution in [0.2, 0.25) is 0 Å². The van der Waals surface area contributed by atoms with E-state index in [4.69, 9.17) is 4.74 Å². The molecule has 0 fully saturated rings. The molecule has 5 nitrogen and oxygen atoms in total. The van der Waals surface area contributed by atoms with Gasteiger partial charge in [-0.3, -0.25) is 4.90 Å². The highest BCUT2D eigenvalue weighted by atomic mass is 127. The van der Waals surface area contributed by atoms with Gasteiger partial charge in [-0.1, -0.05) is 30.3 Å². The summed E-state index contributed by atoms with van der Waals surface area (Å²) in [5.41, 5.74) is 3.53. The van der Waals surface area contributed by atoms with Gasteiger partial charge in [-0.15, -0.1) is 11.3 Å². The number of carbonyl (C=O) groups excluding carboxylic acids is 1. The summed E-state index contributed by atoms with van der Waals surface area (Å²) in [7, 11) is 0. The lowest BCUT2D eigenvalue weighted by molar-refractivity contribution is 0.0526. The first-order chi connectivity index (χ1) is 15.5. The van der Waals surface area contributed by atoms with Crippen molar-refractivity contribution in [3.05, 3.63) is 76.7 Å². The average molecular weight is 672 g/mol. The minimum absolute atomic E-state index is 0.197. The zero-order valence-corrected chi connectivity index (χ0v) is 22.6. The molecule has 3 aromatic rings. The standard InChI is InChI=1S/C24H22I2N2O3S/c1-2-31-24(30)21-18-8-9-28(13-15-6-4-3-5-7-15)14-20(18)32-23(21)27-12-16-10-17(25)11-19(26)22(16)29/h3-7,10-12,29H,2,8-9,13-14H2,1H3. The molecule has 1 aliphatic heterocycles. The van der Waals surface area contributed by atoms with Gasteiger partial charge in [0.1, 0.15) is 10.8 Å². The lowest BCUT2D eigenvalue weighted by Gasteiger charge is -2.27. The number of aliphatic imine (C=N–C) groups is 1. The molecule has 2 aromatic carbocycles. The zero-order chi connectivity index (χ0) is 22.7. The Morgan fingerprint density at radius 2 is 2.06 bits per heavy atom. The summed E-state index contributed by atoms with van der Waals surface area (Å²) in [5.74, 6) is -0.127. The van der Waals surface area contributed by atoms with Gasteiger partial charge in [-0.2, -0.15) is 0 Å². The molecule has 166 valence electrons. The highest BCUT2D eigenvalue weighted by Gasteiger charge is 2.28. The third kappa shape index (κ3) is 5.35. The van der Waals surface area contributed by atoms with Crippen molar-refractivity contribution in [1.82, 2.24) is 4.90 Å². The molecule has 0 aliphatic carbocycles. The van der Waals surface area contributed by atoms with Crippen LogP contribution < -0.4 is 0 Å². The van der Waals surface area contributed by atoms with E-state index in [-0.39, 0.29) is 11.7 Å². The molecule has 0 atom stereocenters. The maximum Gasteiger partial charge on any atom is 0.341 e. The van der Waals surface area contributed by atoms with E-state index in [1.54, 1.807) is 6.21 Å². The van der Waals surface area contributed by atoms with E-state index >= 15 is 0 Å². The number of rotatable bonds is 6. The van der Waals surface area contributed by atoms with Gasteiger partial charge in [0.05, 0.1) is 15.7 Å². The van der Waals surface area contributed by atoms with Crippen LogP contribution in [0, 0.1) is 7.14 Å². The summed E-state index contributed by atoms with van der Waals surface area (Å²) in [5, 5.41) is 11.0. The van der Waals surface area contributed by atoms with Crippen molar-refractivity contribution in [1.29, 1.82) is 0 Å². The Hall–Kier alpha value is -1.50. The second kappa shape index (κ2) is 10.6. The maximum atomic E-state index is 12.8. The van der Waals surface area contributed by atoms with Gasteiger partial charge < -0.3 is 9.84 Å². The van der Waals surface area contributed by atoms with Crippen LogP contribution in [0.1, 0.15) is 38.8 Å². The van der Waals surface area contributed by atoms with Crippen LogP contribution in [-0.2, 0) is 24.2 Å². The van der Waals surface area contributed by atoms with E-state index in [1.165, 1.54) is 16.9 Å². The van der Waals surface area contributed by atoms with Crippen LogP contribution in [0.5, 0.6) is 5.75 Å². The third-order valence-electron chi connectivity index (χ3n) is 5.22. The van der Waals surface area contributed by atoms with E-state index in [0.717, 1.165) is 43.6 Å². The Labute approximate surface area is 218 Å². The van der Waals surface area contributed by atoms with Crippen molar-refractivity contribution in [3.8, 4) is 5.75 Å². The van der Waals surface area contributed by atoms with Gasteiger partial charge in [0, 0.05) is 39.9 Å². The molecule has 0 radical (unpaired) electrons. The van der Waals surface area contributed by atoms with Crippen molar-refractivity contribution in [2.45, 2.75) is 26.4 Å². The number of hydrogen-bond acceptors (Lipinski definition) is 6. The molecule has 8 heteroatoms. The molecule has 0 amide bonds. The first kappa shape index (κ1) is 23.7. The number of hydrogen-bond donors (Lipinski definition) is 1. The SMILES string of the molecule is CCOC(=O)c1c(N=Cc2cc(I)cc(I)c2O)sc2c1CCN(Cc1ccccc1)C2. The molecule has 2 heterocycles. The van der Waals surface area contributed by atoms with E-state index < -0.39 is 0 Å². The minimum atomic E-state index is -0.324. The number of phenols is 1. The summed E-state index contributed by atoms with van der Waals surface area (Å²) in [6, 6.07) is 14.2. The predicted molar refractivity (Wildman–Crippen MR) is 145 cm³/mol. The van der Waals surface area contributed by atoms with Crippen LogP contribution >= 0.6 is 56.5 Å². The van der Waals surface area contributed by atoms with Gasteiger partial charge >= 0.3 is 5.97 Å². The van der Waals surface area contributed by atoms with Gasteiger partial charge in [-0.05, 0) is 81.8 Å². The van der Waals surface area contributed by atoms with Crippen LogP contribution in [0.4, 0.5) is 5.00 Å². The maximum absolute atomic E-state index is 12.8. The molecule has 0 saturated heterocycles. The van der Waals surface area contributed by atoms with Gasteiger partial charge in [0.2, 0.25) is 0 Å². The molecule has 1 N–H and O–H groups in total. The molecule has 4 rings (SSSR count). The number of ether oxygens (including phenoxy) is 1. The van der Waals surface area contributed by atoms with E-state index in [9.17, 15) is 9.90 Å². The number of nitrogens with zero attached hydrogens (tertiary/aromatic N) is 2. The number of carbonyl (C=O) groups is 1. The third-order valence-corrected chi connectivity index (χ3v) is 7.79. The van der Waals surface area contributed by atoms with E-state index in [0.29, 0.717) is 22.7 Å². The summed E-state index contributed by atoms with van der Waals surface area (Å²) in [4.78, 5) is 21.0. The highest BCUT2D eigenvalue weighted by molar-refractivity contribution is 14.1. The van der Waals surface area contributed by atoms with E-state index in [2.05, 4.69) is 79.3 Å². The van der Waals surface area contributed by atoms with Gasteiger partial charge in [0.15, 0.2) is 0 Å². The number of phenolic OH excluding ortho intramolecular Hbond substituents is 1. The van der Waals surface area contributed by atoms with Crippen molar-refractivity contribution in [2.24, 2.45) is 4.99 Å². The largest absolute Gasteiger partial charge is 0.506 e. The molecule has 1 aliphatic rings. The lowest BCUT2D eigenvalue weighted by atomic mass is 10.0. The first-order valence-electron chi connectivity index (χ1n) is 10.3. The molecule has 1 aromatic heterocycles. The molecule has 32 heavy (non-hydrogen) atoms. The summed E-state index contributed by atoms with van der Waals surface area (Å²) >= 11 is 5.86. The predicted octanol–water partition coefficient (Wildman–Crippen LogP) is 6.15. The number of benzene rings is 2. The highest BCUT2D eigenvalue weighted by Crippen LogP contribution is 2.40. The van der Waals surface area contributed by atoms with Crippen molar-refractivity contribution >= 4 is 73.7 Å². The molecule has 0 bridgehead atoms. The molecule has 0 saturated carbocycles. The fourth-order valence-corrected chi connectivity index (χ4v) is 6.85. The summed E-state index contributed by atoms with van der Waals surface area (Å²) < 4.78 is 7.14. The first-order valence-corrected chi connectivity index (χ1v) is 13.2. The van der Waals surface area contributed by atoms with Gasteiger partial charge in [0.25, 0.3) is 0 Å². The van der Waals surface area contributed by atoms with E-state index in [1.807, 2.05) is 25.1 Å². The number of thiophene rings is 1. The monoisotopic (exact) mass is 672 g/mol. The lowest BCUT2D eigenvalue weighted by Crippen LogP contribution is -2.29. The fraction of sp³-hybridized carbons (Fsp3) is 0.250. The average Bonchev–Trinajstić information content (AvgIpc) is 3.13. The quantitative estimate of drug-likeness (QED) is 0.194. The second-order valence-electron chi connectivity index (χ2n) is 7.43. The Bertz CT molecular complexity index is 1160. The van der Waals surface area contributed by atoms with Crippen LogP contribution in [0.3, 0.4) is 0 Å². The number of aromatic hydroxyl groups is 1. The molecular formula is C24H22I2N2O3S. The topological polar surface area (TPSA) is 62.1 Å². The number of fused-ring (bicyclic) bond motifs is 1. The van der Waals surface area contributed by atoms with Gasteiger partial charge in [-0.25, -0.2) is 9.79 Å². The molecule has 0 spiro atoms. The number of esters is 1. The minimum Gasteiger partial charge on any atom is -0.506 e. The normalized spacial score (nSPS) is 14.0. The zero-order valence-electron chi connectivity index (χ0n) is 17.5. The summed E-state index contributed by atoms with van der Waals surface area (Å²) in [6.07, 6.45) is 2.43. The fourth-order valence-electron chi connectivity index (χ4n) is 3.74. The Balaban J connectivity index is 1.65.